The molecular formula is C12H13ClN2O2. The van der Waals surface area contributed by atoms with Crippen molar-refractivity contribution >= 4 is 22.5 Å². The molecule has 0 saturated carbocycles. The Hall–Kier alpha value is -1.39. The molecule has 1 aromatic heterocycles. The summed E-state index contributed by atoms with van der Waals surface area (Å²) in [6.45, 7) is 1.21. The average molecular weight is 253 g/mol. The van der Waals surface area contributed by atoms with Crippen molar-refractivity contribution < 1.29 is 9.47 Å². The van der Waals surface area contributed by atoms with Crippen LogP contribution in [0.3, 0.4) is 0 Å². The van der Waals surface area contributed by atoms with E-state index in [2.05, 4.69) is 9.97 Å². The van der Waals surface area contributed by atoms with E-state index in [1.165, 1.54) is 0 Å². The van der Waals surface area contributed by atoms with Gasteiger partial charge in [-0.2, -0.15) is 4.98 Å². The second kappa shape index (κ2) is 5.80. The summed E-state index contributed by atoms with van der Waals surface area (Å²) in [5.41, 5.74) is 0.786. The monoisotopic (exact) mass is 252 g/mol. The number of hydrogen-bond donors (Lipinski definition) is 0. The number of hydrogen-bond acceptors (Lipinski definition) is 4. The first-order valence-corrected chi connectivity index (χ1v) is 5.73. The van der Waals surface area contributed by atoms with Crippen LogP contribution in [0.1, 0.15) is 6.42 Å². The Labute approximate surface area is 105 Å². The normalized spacial score (nSPS) is 10.7. The number of para-hydroxylation sites is 1. The molecular weight excluding hydrogens is 240 g/mol. The molecule has 0 spiro atoms. The standard InChI is InChI=1S/C12H13ClN2O2/c1-16-7-4-8-17-11-9-5-2-3-6-10(9)14-12(13)15-11/h2-3,5-6H,4,7-8H2,1H3. The van der Waals surface area contributed by atoms with Gasteiger partial charge in [-0.05, 0) is 23.7 Å². The SMILES string of the molecule is COCCCOc1nc(Cl)nc2ccccc12. The third-order valence-electron chi connectivity index (χ3n) is 2.27. The third-order valence-corrected chi connectivity index (χ3v) is 2.44. The Morgan fingerprint density at radius 1 is 1.18 bits per heavy atom. The Bertz CT molecular complexity index is 505. The highest BCUT2D eigenvalue weighted by Crippen LogP contribution is 2.23. The van der Waals surface area contributed by atoms with Crippen LogP contribution in [0.2, 0.25) is 5.28 Å². The number of nitrogens with zero attached hydrogens (tertiary/aromatic N) is 2. The predicted molar refractivity (Wildman–Crippen MR) is 66.5 cm³/mol. The van der Waals surface area contributed by atoms with Gasteiger partial charge in [-0.25, -0.2) is 4.98 Å². The number of fused-ring (bicyclic) bond motifs is 1. The highest BCUT2D eigenvalue weighted by molar-refractivity contribution is 6.28. The van der Waals surface area contributed by atoms with E-state index in [1.54, 1.807) is 7.11 Å². The zero-order valence-corrected chi connectivity index (χ0v) is 10.3. The van der Waals surface area contributed by atoms with Gasteiger partial charge in [-0.1, -0.05) is 12.1 Å². The van der Waals surface area contributed by atoms with E-state index < -0.39 is 0 Å². The van der Waals surface area contributed by atoms with Crippen LogP contribution in [-0.4, -0.2) is 30.3 Å². The lowest BCUT2D eigenvalue weighted by Gasteiger charge is -2.07. The van der Waals surface area contributed by atoms with E-state index in [-0.39, 0.29) is 5.28 Å². The average Bonchev–Trinajstić information content (AvgIpc) is 2.34. The Morgan fingerprint density at radius 3 is 2.82 bits per heavy atom. The van der Waals surface area contributed by atoms with Gasteiger partial charge >= 0.3 is 0 Å². The summed E-state index contributed by atoms with van der Waals surface area (Å²) < 4.78 is 10.5. The molecule has 0 radical (unpaired) electrons. The summed E-state index contributed by atoms with van der Waals surface area (Å²) in [7, 11) is 1.66. The van der Waals surface area contributed by atoms with E-state index in [4.69, 9.17) is 21.1 Å². The smallest absolute Gasteiger partial charge is 0.226 e. The Balaban J connectivity index is 2.20. The summed E-state index contributed by atoms with van der Waals surface area (Å²) in [6.07, 6.45) is 0.812. The van der Waals surface area contributed by atoms with Crippen molar-refractivity contribution in [1.29, 1.82) is 0 Å². The topological polar surface area (TPSA) is 44.2 Å². The summed E-state index contributed by atoms with van der Waals surface area (Å²) in [5, 5.41) is 1.07. The van der Waals surface area contributed by atoms with Crippen LogP contribution < -0.4 is 4.74 Å². The second-order valence-corrected chi connectivity index (χ2v) is 3.85. The molecule has 0 aliphatic carbocycles. The van der Waals surface area contributed by atoms with Crippen molar-refractivity contribution in [3.05, 3.63) is 29.5 Å². The van der Waals surface area contributed by atoms with Crippen LogP contribution in [0, 0.1) is 0 Å². The van der Waals surface area contributed by atoms with Gasteiger partial charge in [0.25, 0.3) is 0 Å². The Kier molecular flexibility index (Phi) is 4.12. The Morgan fingerprint density at radius 2 is 2.00 bits per heavy atom. The minimum atomic E-state index is 0.199. The van der Waals surface area contributed by atoms with E-state index in [9.17, 15) is 0 Å². The predicted octanol–water partition coefficient (Wildman–Crippen LogP) is 2.70. The number of methoxy groups -OCH3 is 1. The number of aromatic nitrogens is 2. The number of halogens is 1. The van der Waals surface area contributed by atoms with Crippen molar-refractivity contribution in [2.45, 2.75) is 6.42 Å². The summed E-state index contributed by atoms with van der Waals surface area (Å²) in [4.78, 5) is 8.22. The molecule has 2 rings (SSSR count). The van der Waals surface area contributed by atoms with Gasteiger partial charge in [0.2, 0.25) is 11.2 Å². The molecule has 17 heavy (non-hydrogen) atoms. The minimum Gasteiger partial charge on any atom is -0.477 e. The van der Waals surface area contributed by atoms with Gasteiger partial charge in [0.1, 0.15) is 0 Å². The second-order valence-electron chi connectivity index (χ2n) is 3.51. The first kappa shape index (κ1) is 12.1. The third kappa shape index (κ3) is 3.05. The molecule has 0 aliphatic heterocycles. The number of benzene rings is 1. The van der Waals surface area contributed by atoms with E-state index >= 15 is 0 Å². The highest BCUT2D eigenvalue weighted by Gasteiger charge is 2.06. The van der Waals surface area contributed by atoms with Crippen LogP contribution in [0.5, 0.6) is 5.88 Å². The van der Waals surface area contributed by atoms with Gasteiger partial charge in [0.15, 0.2) is 0 Å². The van der Waals surface area contributed by atoms with Crippen molar-refractivity contribution in [3.8, 4) is 5.88 Å². The van der Waals surface area contributed by atoms with Crippen molar-refractivity contribution in [2.24, 2.45) is 0 Å². The maximum absolute atomic E-state index is 5.84. The highest BCUT2D eigenvalue weighted by atomic mass is 35.5. The van der Waals surface area contributed by atoms with Gasteiger partial charge < -0.3 is 9.47 Å². The van der Waals surface area contributed by atoms with Crippen LogP contribution in [-0.2, 0) is 4.74 Å². The van der Waals surface area contributed by atoms with Gasteiger partial charge in [-0.3, -0.25) is 0 Å². The largest absolute Gasteiger partial charge is 0.477 e. The minimum absolute atomic E-state index is 0.199. The lowest BCUT2D eigenvalue weighted by molar-refractivity contribution is 0.171. The van der Waals surface area contributed by atoms with E-state index in [0.29, 0.717) is 19.1 Å². The van der Waals surface area contributed by atoms with Gasteiger partial charge in [0, 0.05) is 20.1 Å². The van der Waals surface area contributed by atoms with Gasteiger partial charge in [-0.15, -0.1) is 0 Å². The zero-order valence-electron chi connectivity index (χ0n) is 9.52. The first-order chi connectivity index (χ1) is 8.31. The first-order valence-electron chi connectivity index (χ1n) is 5.35. The number of rotatable bonds is 5. The lowest BCUT2D eigenvalue weighted by atomic mass is 10.2. The van der Waals surface area contributed by atoms with Crippen LogP contribution >= 0.6 is 11.6 Å². The molecule has 1 heterocycles. The maximum atomic E-state index is 5.84. The molecule has 5 heteroatoms. The molecule has 0 saturated heterocycles. The summed E-state index contributed by atoms with van der Waals surface area (Å²) in [6, 6.07) is 7.62. The van der Waals surface area contributed by atoms with Crippen molar-refractivity contribution in [3.63, 3.8) is 0 Å². The zero-order chi connectivity index (χ0) is 12.1. The van der Waals surface area contributed by atoms with Gasteiger partial charge in [0.05, 0.1) is 17.5 Å². The quantitative estimate of drug-likeness (QED) is 0.606. The molecule has 2 aromatic rings. The fraction of sp³-hybridized carbons (Fsp3) is 0.333. The maximum Gasteiger partial charge on any atom is 0.226 e. The lowest BCUT2D eigenvalue weighted by Crippen LogP contribution is -2.03. The molecule has 1 aromatic carbocycles. The summed E-state index contributed by atoms with van der Waals surface area (Å²) >= 11 is 5.84. The molecule has 90 valence electrons. The van der Waals surface area contributed by atoms with Crippen LogP contribution in [0.4, 0.5) is 0 Å². The molecule has 0 amide bonds. The van der Waals surface area contributed by atoms with Crippen LogP contribution in [0.25, 0.3) is 10.9 Å². The van der Waals surface area contributed by atoms with Crippen molar-refractivity contribution in [2.75, 3.05) is 20.3 Å². The fourth-order valence-corrected chi connectivity index (χ4v) is 1.67. The van der Waals surface area contributed by atoms with Crippen LogP contribution in [0.15, 0.2) is 24.3 Å². The van der Waals surface area contributed by atoms with E-state index in [1.807, 2.05) is 24.3 Å². The molecule has 0 fully saturated rings. The fourth-order valence-electron chi connectivity index (χ4n) is 1.50. The molecule has 4 nitrogen and oxygen atoms in total. The van der Waals surface area contributed by atoms with Crippen molar-refractivity contribution in [1.82, 2.24) is 9.97 Å². The molecule has 0 aliphatic rings. The summed E-state index contributed by atoms with van der Waals surface area (Å²) in [5.74, 6) is 0.525. The number of ether oxygens (including phenoxy) is 2. The molecule has 0 atom stereocenters. The molecule has 0 unspecified atom stereocenters. The molecule has 0 bridgehead atoms. The molecule has 0 N–H and O–H groups in total. The van der Waals surface area contributed by atoms with E-state index in [0.717, 1.165) is 17.3 Å².